The van der Waals surface area contributed by atoms with E-state index in [-0.39, 0.29) is 5.78 Å². The lowest BCUT2D eigenvalue weighted by atomic mass is 10.1. The predicted molar refractivity (Wildman–Crippen MR) is 76.1 cm³/mol. The summed E-state index contributed by atoms with van der Waals surface area (Å²) in [5, 5.41) is 5.12. The highest BCUT2D eigenvalue weighted by molar-refractivity contribution is 6.43. The minimum absolute atomic E-state index is 0.0441. The molecule has 0 N–H and O–H groups in total. The maximum atomic E-state index is 11.5. The molecule has 0 bridgehead atoms. The Hall–Kier alpha value is -1.45. The molecule has 0 aliphatic carbocycles. The molecule has 0 atom stereocenters. The van der Waals surface area contributed by atoms with Gasteiger partial charge >= 0.3 is 0 Å². The van der Waals surface area contributed by atoms with Gasteiger partial charge in [0.2, 0.25) is 5.88 Å². The molecular weight excluding hydrogens is 285 g/mol. The Morgan fingerprint density at radius 2 is 1.95 bits per heavy atom. The van der Waals surface area contributed by atoms with Gasteiger partial charge < -0.3 is 4.42 Å². The number of furan rings is 1. The quantitative estimate of drug-likeness (QED) is 0.750. The molecule has 0 fully saturated rings. The molecular formula is C14H12Cl2NO2. The number of nitrogens with zero attached hydrogens (tertiary/aromatic N) is 1. The van der Waals surface area contributed by atoms with E-state index in [0.29, 0.717) is 38.5 Å². The summed E-state index contributed by atoms with van der Waals surface area (Å²) in [5.41, 5.74) is 1.79. The minimum Gasteiger partial charge on any atom is -0.443 e. The van der Waals surface area contributed by atoms with E-state index in [1.165, 1.54) is 6.92 Å². The van der Waals surface area contributed by atoms with Gasteiger partial charge in [0.1, 0.15) is 5.76 Å². The van der Waals surface area contributed by atoms with E-state index < -0.39 is 0 Å². The van der Waals surface area contributed by atoms with E-state index in [9.17, 15) is 4.79 Å². The van der Waals surface area contributed by atoms with Crippen LogP contribution in [-0.4, -0.2) is 5.78 Å². The van der Waals surface area contributed by atoms with Crippen molar-refractivity contribution in [3.8, 4) is 0 Å². The summed E-state index contributed by atoms with van der Waals surface area (Å²) >= 11 is 12.0. The Kier molecular flexibility index (Phi) is 3.88. The first-order valence-electron chi connectivity index (χ1n) is 5.68. The molecule has 0 saturated heterocycles. The van der Waals surface area contributed by atoms with Crippen LogP contribution in [0.5, 0.6) is 0 Å². The first-order valence-corrected chi connectivity index (χ1v) is 6.44. The molecule has 1 radical (unpaired) electrons. The van der Waals surface area contributed by atoms with Crippen molar-refractivity contribution in [1.29, 1.82) is 0 Å². The lowest BCUT2D eigenvalue weighted by Crippen LogP contribution is -1.96. The zero-order valence-corrected chi connectivity index (χ0v) is 12.3. The maximum Gasteiger partial charge on any atom is 0.223 e. The molecule has 0 aliphatic rings. The number of carbonyl (C=O) groups is 1. The zero-order valence-electron chi connectivity index (χ0n) is 10.8. The van der Waals surface area contributed by atoms with Gasteiger partial charge in [-0.15, -0.1) is 0 Å². The lowest BCUT2D eigenvalue weighted by Gasteiger charge is -2.04. The number of Topliss-reactive ketones (excluding diaryl/α,β-unsaturated/α-hetero) is 1. The third kappa shape index (κ3) is 2.62. The van der Waals surface area contributed by atoms with Crippen LogP contribution < -0.4 is 5.32 Å². The Bertz CT molecular complexity index is 647. The molecule has 3 nitrogen and oxygen atoms in total. The van der Waals surface area contributed by atoms with Crippen LogP contribution in [0.25, 0.3) is 0 Å². The van der Waals surface area contributed by atoms with E-state index in [4.69, 9.17) is 27.6 Å². The number of rotatable bonds is 3. The second-order valence-electron chi connectivity index (χ2n) is 4.20. The summed E-state index contributed by atoms with van der Waals surface area (Å²) in [7, 11) is 0. The highest BCUT2D eigenvalue weighted by atomic mass is 35.5. The van der Waals surface area contributed by atoms with Crippen LogP contribution in [0.1, 0.15) is 28.6 Å². The summed E-state index contributed by atoms with van der Waals surface area (Å²) in [5.74, 6) is 0.895. The molecule has 0 unspecified atom stereocenters. The van der Waals surface area contributed by atoms with Crippen molar-refractivity contribution in [1.82, 2.24) is 5.32 Å². The first kappa shape index (κ1) is 14.0. The maximum absolute atomic E-state index is 11.5. The second kappa shape index (κ2) is 5.27. The van der Waals surface area contributed by atoms with Crippen molar-refractivity contribution in [2.45, 2.75) is 20.8 Å². The van der Waals surface area contributed by atoms with Crippen LogP contribution in [0.3, 0.4) is 0 Å². The van der Waals surface area contributed by atoms with Crippen LogP contribution in [0.4, 0.5) is 11.6 Å². The topological polar surface area (TPSA) is 44.3 Å². The van der Waals surface area contributed by atoms with Crippen molar-refractivity contribution in [3.05, 3.63) is 45.1 Å². The van der Waals surface area contributed by atoms with Gasteiger partial charge in [-0.3, -0.25) is 4.79 Å². The summed E-state index contributed by atoms with van der Waals surface area (Å²) in [6, 6.07) is 5.17. The van der Waals surface area contributed by atoms with E-state index in [1.54, 1.807) is 32.0 Å². The number of carbonyl (C=O) groups excluding carboxylic acids is 1. The number of ketones is 1. The van der Waals surface area contributed by atoms with Gasteiger partial charge in [-0.1, -0.05) is 29.3 Å². The van der Waals surface area contributed by atoms with Crippen LogP contribution in [0.2, 0.25) is 10.0 Å². The van der Waals surface area contributed by atoms with Gasteiger partial charge in [0, 0.05) is 5.56 Å². The van der Waals surface area contributed by atoms with E-state index >= 15 is 0 Å². The summed E-state index contributed by atoms with van der Waals surface area (Å²) in [6.45, 7) is 5.04. The van der Waals surface area contributed by atoms with Gasteiger partial charge in [0.25, 0.3) is 0 Å². The van der Waals surface area contributed by atoms with Crippen molar-refractivity contribution in [3.63, 3.8) is 0 Å². The number of hydrogen-bond acceptors (Lipinski definition) is 2. The lowest BCUT2D eigenvalue weighted by molar-refractivity contribution is 0.101. The highest BCUT2D eigenvalue weighted by Gasteiger charge is 2.19. The molecule has 2 rings (SSSR count). The summed E-state index contributed by atoms with van der Waals surface area (Å²) in [4.78, 5) is 11.5. The van der Waals surface area contributed by atoms with Gasteiger partial charge in [0.05, 0.1) is 21.3 Å². The van der Waals surface area contributed by atoms with Gasteiger partial charge in [-0.2, -0.15) is 0 Å². The number of aryl methyl sites for hydroxylation is 1. The standard InChI is InChI=1S/C14H12Cl2NO2/c1-7-12(8(2)18)9(3)19-14(7)17-11-6-4-5-10(15)13(11)16/h4-6H,1-3H3. The Balaban J connectivity index is 2.42. The molecule has 5 heteroatoms. The number of benzene rings is 1. The Labute approximate surface area is 121 Å². The third-order valence-electron chi connectivity index (χ3n) is 2.80. The zero-order chi connectivity index (χ0) is 14.2. The SMILES string of the molecule is CC(=O)c1c(C)oc([N]c2cccc(Cl)c2Cl)c1C. The molecule has 0 saturated carbocycles. The summed E-state index contributed by atoms with van der Waals surface area (Å²) < 4.78 is 5.52. The largest absolute Gasteiger partial charge is 0.443 e. The Morgan fingerprint density at radius 3 is 2.53 bits per heavy atom. The average molecular weight is 297 g/mol. The van der Waals surface area contributed by atoms with Crippen LogP contribution >= 0.6 is 23.2 Å². The predicted octanol–water partition coefficient (Wildman–Crippen LogP) is 4.97. The number of halogens is 2. The smallest absolute Gasteiger partial charge is 0.223 e. The fourth-order valence-electron chi connectivity index (χ4n) is 1.95. The molecule has 1 heterocycles. The molecule has 19 heavy (non-hydrogen) atoms. The van der Waals surface area contributed by atoms with Crippen LogP contribution in [0, 0.1) is 13.8 Å². The molecule has 1 aromatic heterocycles. The monoisotopic (exact) mass is 296 g/mol. The van der Waals surface area contributed by atoms with Gasteiger partial charge in [0.15, 0.2) is 5.78 Å². The van der Waals surface area contributed by atoms with Crippen LogP contribution in [0.15, 0.2) is 22.6 Å². The van der Waals surface area contributed by atoms with Crippen molar-refractivity contribution in [2.24, 2.45) is 0 Å². The van der Waals surface area contributed by atoms with Gasteiger partial charge in [-0.25, -0.2) is 5.32 Å². The first-order chi connectivity index (χ1) is 8.91. The molecule has 1 aromatic carbocycles. The second-order valence-corrected chi connectivity index (χ2v) is 4.99. The van der Waals surface area contributed by atoms with E-state index in [0.717, 1.165) is 0 Å². The average Bonchev–Trinajstić information content (AvgIpc) is 2.60. The van der Waals surface area contributed by atoms with Gasteiger partial charge in [-0.05, 0) is 32.9 Å². The normalized spacial score (nSPS) is 10.6. The van der Waals surface area contributed by atoms with Crippen molar-refractivity contribution < 1.29 is 9.21 Å². The number of hydrogen-bond donors (Lipinski definition) is 0. The fraction of sp³-hybridized carbons (Fsp3) is 0.214. The van der Waals surface area contributed by atoms with Crippen LogP contribution in [-0.2, 0) is 0 Å². The summed E-state index contributed by atoms with van der Waals surface area (Å²) in [6.07, 6.45) is 0. The van der Waals surface area contributed by atoms with Crippen molar-refractivity contribution in [2.75, 3.05) is 0 Å². The Morgan fingerprint density at radius 1 is 1.26 bits per heavy atom. The third-order valence-corrected chi connectivity index (χ3v) is 3.61. The molecule has 0 aliphatic heterocycles. The molecule has 99 valence electrons. The molecule has 0 amide bonds. The highest BCUT2D eigenvalue weighted by Crippen LogP contribution is 2.35. The van der Waals surface area contributed by atoms with Crippen molar-refractivity contribution >= 4 is 40.6 Å². The van der Waals surface area contributed by atoms with E-state index in [1.807, 2.05) is 0 Å². The minimum atomic E-state index is -0.0441. The molecule has 2 aromatic rings. The van der Waals surface area contributed by atoms with E-state index in [2.05, 4.69) is 5.32 Å². The molecule has 0 spiro atoms. The fourth-order valence-corrected chi connectivity index (χ4v) is 2.29.